The Balaban J connectivity index is 1.66. The molecular weight excluding hydrogens is 945 g/mol. The molecule has 2 amide bonds. The minimum Gasteiger partial charge on any atom is -0.489 e. The number of ether oxygens (including phenoxy) is 6. The van der Waals surface area contributed by atoms with Crippen molar-refractivity contribution in [2.45, 2.75) is 135 Å². The van der Waals surface area contributed by atoms with E-state index in [0.29, 0.717) is 33.8 Å². The zero-order valence-corrected chi connectivity index (χ0v) is 46.1. The third-order valence-electron chi connectivity index (χ3n) is 12.2. The molecule has 0 aliphatic rings. The predicted molar refractivity (Wildman–Crippen MR) is 286 cm³/mol. The first-order valence-corrected chi connectivity index (χ1v) is 31.0. The van der Waals surface area contributed by atoms with Gasteiger partial charge >= 0.3 is 24.1 Å². The third kappa shape index (κ3) is 17.7. The van der Waals surface area contributed by atoms with Gasteiger partial charge in [-0.25, -0.2) is 19.2 Å². The molecule has 0 unspecified atom stereocenters. The summed E-state index contributed by atoms with van der Waals surface area (Å²) >= 11 is 0. The lowest BCUT2D eigenvalue weighted by molar-refractivity contribution is -0.146. The first kappa shape index (κ1) is 56.5. The summed E-state index contributed by atoms with van der Waals surface area (Å²) in [7, 11) is -3.10. The van der Waals surface area contributed by atoms with E-state index in [1.165, 1.54) is 7.11 Å². The van der Waals surface area contributed by atoms with Gasteiger partial charge in [0.2, 0.25) is 0 Å². The fourth-order valence-electron chi connectivity index (χ4n) is 7.12. The Morgan fingerprint density at radius 3 is 1.61 bits per heavy atom. The van der Waals surface area contributed by atoms with Gasteiger partial charge in [-0.05, 0) is 103 Å². The highest BCUT2D eigenvalue weighted by Gasteiger charge is 2.45. The van der Waals surface area contributed by atoms with Gasteiger partial charge in [0.25, 0.3) is 0 Å². The summed E-state index contributed by atoms with van der Waals surface area (Å²) in [5, 5.41) is 5.26. The molecule has 0 spiro atoms. The number of alkyl carbamates (subject to hydrolysis) is 2. The Morgan fingerprint density at radius 2 is 1.10 bits per heavy atom. The normalized spacial score (nSPS) is 13.2. The largest absolute Gasteiger partial charge is 0.489 e. The lowest BCUT2D eigenvalue weighted by Gasteiger charge is -2.41. The van der Waals surface area contributed by atoms with Gasteiger partial charge in [0.05, 0.1) is 13.7 Å². The molecule has 0 aromatic heterocycles. The van der Waals surface area contributed by atoms with E-state index in [0.717, 1.165) is 22.7 Å². The van der Waals surface area contributed by atoms with Crippen LogP contribution in [0.4, 0.5) is 9.59 Å². The number of benzene rings is 5. The van der Waals surface area contributed by atoms with Gasteiger partial charge in [0.1, 0.15) is 49.1 Å². The van der Waals surface area contributed by atoms with Crippen molar-refractivity contribution in [3.05, 3.63) is 155 Å². The standard InChI is InChI=1S/C57H74N2O11Si2/c1-56(2,3)69-55(63)59-50(53(61)64-7)51(70-72(11,12)57(4,5)6)46-35-44(29-31-49(46)67-38-41-24-18-14-19-25-41)43-28-30-48(66-37-40-22-16-13-17-23-40)45(34-43)36-47(52(60)65-32-33-71(8,9)10)58-54(62)68-39-42-26-20-15-21-27-42/h13-31,34-35,47,50-51H,32-33,36-39H2,1-12H3,(H,58,62)(H,59,63)/t47-,50-,51+/m0/s1. The van der Waals surface area contributed by atoms with Crippen LogP contribution in [0.5, 0.6) is 11.5 Å². The third-order valence-corrected chi connectivity index (χ3v) is 18.3. The number of nitrogens with one attached hydrogen (secondary N) is 2. The number of carbonyl (C=O) groups excluding carboxylic acids is 4. The summed E-state index contributed by atoms with van der Waals surface area (Å²) in [6.07, 6.45) is -2.76. The molecule has 2 N–H and O–H groups in total. The molecule has 15 heteroatoms. The number of carbonyl (C=O) groups is 4. The average Bonchev–Trinajstić information content (AvgIpc) is 3.32. The highest BCUT2D eigenvalue weighted by atomic mass is 28.4. The Labute approximate surface area is 428 Å². The Bertz CT molecular complexity index is 2560. The van der Waals surface area contributed by atoms with E-state index in [2.05, 4.69) is 64.1 Å². The fraction of sp³-hybridized carbons (Fsp3) is 0.404. The molecular formula is C57H74N2O11Si2. The monoisotopic (exact) mass is 1020 g/mol. The maximum atomic E-state index is 14.1. The lowest BCUT2D eigenvalue weighted by atomic mass is 9.94. The first-order valence-electron chi connectivity index (χ1n) is 24.4. The van der Waals surface area contributed by atoms with Crippen LogP contribution >= 0.6 is 0 Å². The molecule has 0 saturated carbocycles. The highest BCUT2D eigenvalue weighted by Crippen LogP contribution is 2.44. The lowest BCUT2D eigenvalue weighted by Crippen LogP contribution is -2.52. The van der Waals surface area contributed by atoms with E-state index in [4.69, 9.17) is 32.8 Å². The smallest absolute Gasteiger partial charge is 0.408 e. The van der Waals surface area contributed by atoms with Crippen molar-refractivity contribution in [2.24, 2.45) is 0 Å². The number of methoxy groups -OCH3 is 1. The summed E-state index contributed by atoms with van der Waals surface area (Å²) in [5.74, 6) is -0.461. The summed E-state index contributed by atoms with van der Waals surface area (Å²) in [5.41, 5.74) is 4.20. The Kier molecular flexibility index (Phi) is 19.8. The van der Waals surface area contributed by atoms with E-state index >= 15 is 0 Å². The Morgan fingerprint density at radius 1 is 0.583 bits per heavy atom. The number of hydrogen-bond donors (Lipinski definition) is 2. The van der Waals surface area contributed by atoms with Crippen LogP contribution in [0.1, 0.15) is 75.5 Å². The van der Waals surface area contributed by atoms with Crippen LogP contribution in [0.2, 0.25) is 43.8 Å². The average molecular weight is 1020 g/mol. The van der Waals surface area contributed by atoms with E-state index in [1.54, 1.807) is 20.8 Å². The van der Waals surface area contributed by atoms with Crippen LogP contribution in [0, 0.1) is 0 Å². The van der Waals surface area contributed by atoms with Crippen LogP contribution in [0.3, 0.4) is 0 Å². The minimum atomic E-state index is -2.78. The summed E-state index contributed by atoms with van der Waals surface area (Å²) in [6.45, 7) is 22.8. The molecule has 0 bridgehead atoms. The topological polar surface area (TPSA) is 157 Å². The summed E-state index contributed by atoms with van der Waals surface area (Å²) in [6, 6.07) is 38.1. The number of rotatable bonds is 22. The molecule has 5 aromatic carbocycles. The SMILES string of the molecule is COC(=O)[C@@H](NC(=O)OC(C)(C)C)[C@H](O[Si](C)(C)C(C)(C)C)c1cc(-c2ccc(OCc3ccccc3)c(C[C@H](NC(=O)OCc3ccccc3)C(=O)OCC[Si](C)(C)C)c2)ccc1OCc1ccccc1. The summed E-state index contributed by atoms with van der Waals surface area (Å²) < 4.78 is 42.8. The molecule has 0 heterocycles. The fourth-order valence-corrected chi connectivity index (χ4v) is 9.08. The Hall–Kier alpha value is -6.43. The minimum absolute atomic E-state index is 0.00262. The van der Waals surface area contributed by atoms with Crippen molar-refractivity contribution >= 4 is 40.5 Å². The van der Waals surface area contributed by atoms with E-state index in [1.807, 2.05) is 127 Å². The predicted octanol–water partition coefficient (Wildman–Crippen LogP) is 12.4. The maximum Gasteiger partial charge on any atom is 0.408 e. The zero-order valence-electron chi connectivity index (χ0n) is 44.1. The van der Waals surface area contributed by atoms with Crippen molar-refractivity contribution in [1.29, 1.82) is 0 Å². The van der Waals surface area contributed by atoms with Crippen LogP contribution in [-0.2, 0) is 59.2 Å². The molecule has 0 fully saturated rings. The van der Waals surface area contributed by atoms with Crippen molar-refractivity contribution in [3.8, 4) is 22.6 Å². The van der Waals surface area contributed by atoms with Gasteiger partial charge in [0.15, 0.2) is 14.4 Å². The van der Waals surface area contributed by atoms with Gasteiger partial charge in [-0.3, -0.25) is 0 Å². The quantitative estimate of drug-likeness (QED) is 0.0386. The van der Waals surface area contributed by atoms with Crippen LogP contribution < -0.4 is 20.1 Å². The van der Waals surface area contributed by atoms with E-state index in [-0.39, 0.29) is 37.9 Å². The second-order valence-electron chi connectivity index (χ2n) is 21.5. The molecule has 0 aliphatic carbocycles. The van der Waals surface area contributed by atoms with Gasteiger partial charge < -0.3 is 43.5 Å². The van der Waals surface area contributed by atoms with Gasteiger partial charge in [0, 0.05) is 20.1 Å². The first-order chi connectivity index (χ1) is 33.9. The summed E-state index contributed by atoms with van der Waals surface area (Å²) in [4.78, 5) is 55.2. The second-order valence-corrected chi connectivity index (χ2v) is 31.9. The molecule has 13 nitrogen and oxygen atoms in total. The van der Waals surface area contributed by atoms with Gasteiger partial charge in [-0.15, -0.1) is 0 Å². The van der Waals surface area contributed by atoms with Crippen LogP contribution in [0.15, 0.2) is 127 Å². The number of amides is 2. The molecule has 0 radical (unpaired) electrons. The van der Waals surface area contributed by atoms with Gasteiger partial charge in [-0.1, -0.05) is 144 Å². The van der Waals surface area contributed by atoms with Crippen LogP contribution in [-0.4, -0.2) is 71.9 Å². The zero-order chi connectivity index (χ0) is 52.7. The van der Waals surface area contributed by atoms with Crippen LogP contribution in [0.25, 0.3) is 11.1 Å². The van der Waals surface area contributed by atoms with E-state index in [9.17, 15) is 19.2 Å². The number of esters is 2. The van der Waals surface area contributed by atoms with Crippen molar-refractivity contribution in [3.63, 3.8) is 0 Å². The number of hydrogen-bond acceptors (Lipinski definition) is 11. The van der Waals surface area contributed by atoms with Crippen molar-refractivity contribution in [2.75, 3.05) is 13.7 Å². The van der Waals surface area contributed by atoms with Crippen molar-refractivity contribution in [1.82, 2.24) is 10.6 Å². The molecule has 72 heavy (non-hydrogen) atoms. The van der Waals surface area contributed by atoms with Crippen molar-refractivity contribution < 1.29 is 52.0 Å². The maximum absolute atomic E-state index is 14.1. The molecule has 0 aliphatic heterocycles. The molecule has 0 saturated heterocycles. The van der Waals surface area contributed by atoms with E-state index < -0.39 is 64.3 Å². The molecule has 3 atom stereocenters. The highest BCUT2D eigenvalue weighted by molar-refractivity contribution is 6.76. The molecule has 5 rings (SSSR count). The molecule has 5 aromatic rings. The molecule has 386 valence electrons. The second kappa shape index (κ2) is 25.3. The van der Waals surface area contributed by atoms with Gasteiger partial charge in [-0.2, -0.15) is 0 Å².